The summed E-state index contributed by atoms with van der Waals surface area (Å²) in [5, 5.41) is 9.94. The van der Waals surface area contributed by atoms with E-state index in [0.29, 0.717) is 18.8 Å². The van der Waals surface area contributed by atoms with Crippen molar-refractivity contribution in [2.45, 2.75) is 32.7 Å². The van der Waals surface area contributed by atoms with Gasteiger partial charge in [0.05, 0.1) is 19.0 Å². The van der Waals surface area contributed by atoms with E-state index in [4.69, 9.17) is 0 Å². The molecule has 2 aromatic rings. The van der Waals surface area contributed by atoms with E-state index in [1.165, 1.54) is 19.3 Å². The van der Waals surface area contributed by atoms with Crippen LogP contribution >= 0.6 is 0 Å². The third-order valence-electron chi connectivity index (χ3n) is 4.72. The number of hydrogen-bond donors (Lipinski definition) is 2. The molecule has 1 fully saturated rings. The number of hydrogen-bond acceptors (Lipinski definition) is 4. The van der Waals surface area contributed by atoms with Gasteiger partial charge in [-0.15, -0.1) is 0 Å². The summed E-state index contributed by atoms with van der Waals surface area (Å²) in [7, 11) is 0. The van der Waals surface area contributed by atoms with Gasteiger partial charge >= 0.3 is 0 Å². The van der Waals surface area contributed by atoms with E-state index < -0.39 is 0 Å². The topological polar surface area (TPSA) is 79.3 Å². The van der Waals surface area contributed by atoms with E-state index in [1.807, 2.05) is 31.3 Å². The Kier molecular flexibility index (Phi) is 6.59. The zero-order chi connectivity index (χ0) is 19.1. The maximum absolute atomic E-state index is 12.3. The summed E-state index contributed by atoms with van der Waals surface area (Å²) in [5.74, 6) is -0.261. The first-order valence-electron chi connectivity index (χ1n) is 9.51. The number of nitrogens with one attached hydrogen (secondary N) is 2. The standard InChI is InChI=1S/C20H27N5O2/c1-16(14-25-13-5-10-21-25)20(27)23-18-8-6-17(7-9-18)22-19(26)15-24-11-3-2-4-12-24/h5-10,13,16H,2-4,11-12,14-15H2,1H3,(H,22,26)(H,23,27). The number of rotatable bonds is 7. The fourth-order valence-corrected chi connectivity index (χ4v) is 3.20. The Morgan fingerprint density at radius 2 is 1.74 bits per heavy atom. The van der Waals surface area contributed by atoms with Gasteiger partial charge in [-0.2, -0.15) is 5.10 Å². The first-order chi connectivity index (χ1) is 13.1. The smallest absolute Gasteiger partial charge is 0.238 e. The Morgan fingerprint density at radius 1 is 1.07 bits per heavy atom. The molecule has 3 rings (SSSR count). The molecule has 1 aliphatic rings. The van der Waals surface area contributed by atoms with Gasteiger partial charge in [0.2, 0.25) is 11.8 Å². The molecule has 1 aromatic carbocycles. The van der Waals surface area contributed by atoms with Crippen LogP contribution in [0.3, 0.4) is 0 Å². The van der Waals surface area contributed by atoms with E-state index in [0.717, 1.165) is 18.8 Å². The van der Waals surface area contributed by atoms with Gasteiger partial charge in [0.25, 0.3) is 0 Å². The highest BCUT2D eigenvalue weighted by molar-refractivity contribution is 5.94. The molecular weight excluding hydrogens is 342 g/mol. The van der Waals surface area contributed by atoms with Crippen LogP contribution in [0.5, 0.6) is 0 Å². The van der Waals surface area contributed by atoms with E-state index in [1.54, 1.807) is 23.0 Å². The third-order valence-corrected chi connectivity index (χ3v) is 4.72. The number of piperidine rings is 1. The van der Waals surface area contributed by atoms with E-state index in [9.17, 15) is 9.59 Å². The summed E-state index contributed by atoms with van der Waals surface area (Å²) in [6, 6.07) is 9.05. The molecule has 1 saturated heterocycles. The highest BCUT2D eigenvalue weighted by atomic mass is 16.2. The van der Waals surface area contributed by atoms with E-state index in [-0.39, 0.29) is 17.7 Å². The third kappa shape index (κ3) is 5.92. The van der Waals surface area contributed by atoms with E-state index >= 15 is 0 Å². The number of benzene rings is 1. The highest BCUT2D eigenvalue weighted by Gasteiger charge is 2.15. The van der Waals surface area contributed by atoms with Gasteiger partial charge in [-0.25, -0.2) is 0 Å². The minimum Gasteiger partial charge on any atom is -0.326 e. The summed E-state index contributed by atoms with van der Waals surface area (Å²) in [4.78, 5) is 26.6. The van der Waals surface area contributed by atoms with Crippen LogP contribution in [-0.4, -0.2) is 46.1 Å². The first-order valence-corrected chi connectivity index (χ1v) is 9.51. The largest absolute Gasteiger partial charge is 0.326 e. The molecule has 0 spiro atoms. The molecule has 0 saturated carbocycles. The van der Waals surface area contributed by atoms with Crippen molar-refractivity contribution in [3.05, 3.63) is 42.7 Å². The Hall–Kier alpha value is -2.67. The lowest BCUT2D eigenvalue weighted by atomic mass is 10.1. The van der Waals surface area contributed by atoms with Crippen LogP contribution in [0.4, 0.5) is 11.4 Å². The van der Waals surface area contributed by atoms with Crippen LogP contribution in [0.25, 0.3) is 0 Å². The fraction of sp³-hybridized carbons (Fsp3) is 0.450. The lowest BCUT2D eigenvalue weighted by Gasteiger charge is -2.25. The van der Waals surface area contributed by atoms with Crippen molar-refractivity contribution < 1.29 is 9.59 Å². The molecule has 7 heteroatoms. The van der Waals surface area contributed by atoms with Crippen molar-refractivity contribution in [2.24, 2.45) is 5.92 Å². The number of nitrogens with zero attached hydrogens (tertiary/aromatic N) is 3. The van der Waals surface area contributed by atoms with Gasteiger partial charge in [-0.1, -0.05) is 13.3 Å². The number of likely N-dealkylation sites (tertiary alicyclic amines) is 1. The lowest BCUT2D eigenvalue weighted by Crippen LogP contribution is -2.36. The molecule has 2 heterocycles. The van der Waals surface area contributed by atoms with E-state index in [2.05, 4.69) is 20.6 Å². The van der Waals surface area contributed by atoms with Crippen molar-refractivity contribution in [3.8, 4) is 0 Å². The van der Waals surface area contributed by atoms with Gasteiger partial charge in [0.15, 0.2) is 0 Å². The maximum atomic E-state index is 12.3. The van der Waals surface area contributed by atoms with Crippen LogP contribution in [-0.2, 0) is 16.1 Å². The Labute approximate surface area is 159 Å². The van der Waals surface area contributed by atoms with Crippen molar-refractivity contribution >= 4 is 23.2 Å². The minimum atomic E-state index is -0.200. The van der Waals surface area contributed by atoms with Crippen LogP contribution in [0, 0.1) is 5.92 Å². The predicted molar refractivity (Wildman–Crippen MR) is 105 cm³/mol. The van der Waals surface area contributed by atoms with Crippen molar-refractivity contribution in [1.29, 1.82) is 0 Å². The number of aromatic nitrogens is 2. The van der Waals surface area contributed by atoms with Crippen LogP contribution in [0.15, 0.2) is 42.7 Å². The molecule has 144 valence electrons. The van der Waals surface area contributed by atoms with Gasteiger partial charge in [-0.05, 0) is 56.3 Å². The normalized spacial score (nSPS) is 15.9. The number of amides is 2. The molecule has 1 atom stereocenters. The highest BCUT2D eigenvalue weighted by Crippen LogP contribution is 2.15. The van der Waals surface area contributed by atoms with Gasteiger partial charge in [-0.3, -0.25) is 19.2 Å². The number of carbonyl (C=O) groups excluding carboxylic acids is 2. The lowest BCUT2D eigenvalue weighted by molar-refractivity contribution is -0.120. The second-order valence-electron chi connectivity index (χ2n) is 7.08. The summed E-state index contributed by atoms with van der Waals surface area (Å²) >= 11 is 0. The van der Waals surface area contributed by atoms with Crippen molar-refractivity contribution in [2.75, 3.05) is 30.3 Å². The maximum Gasteiger partial charge on any atom is 0.238 e. The molecule has 1 aromatic heterocycles. The summed E-state index contributed by atoms with van der Waals surface area (Å²) in [6.45, 7) is 4.82. The Bertz CT molecular complexity index is 736. The molecule has 2 N–H and O–H groups in total. The summed E-state index contributed by atoms with van der Waals surface area (Å²) in [6.07, 6.45) is 7.13. The molecule has 0 radical (unpaired) electrons. The summed E-state index contributed by atoms with van der Waals surface area (Å²) in [5.41, 5.74) is 1.45. The molecule has 2 amide bonds. The van der Waals surface area contributed by atoms with Crippen molar-refractivity contribution in [1.82, 2.24) is 14.7 Å². The molecule has 0 aliphatic carbocycles. The van der Waals surface area contributed by atoms with Crippen LogP contribution < -0.4 is 10.6 Å². The predicted octanol–water partition coefficient (Wildman–Crippen LogP) is 2.58. The number of carbonyl (C=O) groups is 2. The fourth-order valence-electron chi connectivity index (χ4n) is 3.20. The molecular formula is C20H27N5O2. The first kappa shape index (κ1) is 19.1. The second-order valence-corrected chi connectivity index (χ2v) is 7.08. The Morgan fingerprint density at radius 3 is 2.37 bits per heavy atom. The quantitative estimate of drug-likeness (QED) is 0.786. The molecule has 0 bridgehead atoms. The molecule has 1 unspecified atom stereocenters. The Balaban J connectivity index is 1.46. The van der Waals surface area contributed by atoms with Crippen molar-refractivity contribution in [3.63, 3.8) is 0 Å². The SMILES string of the molecule is CC(Cn1cccn1)C(=O)Nc1ccc(NC(=O)CN2CCCCC2)cc1. The zero-order valence-corrected chi connectivity index (χ0v) is 15.7. The second kappa shape index (κ2) is 9.32. The van der Waals surface area contributed by atoms with Gasteiger partial charge in [0.1, 0.15) is 0 Å². The molecule has 7 nitrogen and oxygen atoms in total. The van der Waals surface area contributed by atoms with Crippen LogP contribution in [0.2, 0.25) is 0 Å². The average Bonchev–Trinajstić information content (AvgIpc) is 3.17. The number of anilines is 2. The summed E-state index contributed by atoms with van der Waals surface area (Å²) < 4.78 is 1.74. The molecule has 1 aliphatic heterocycles. The van der Waals surface area contributed by atoms with Crippen LogP contribution in [0.1, 0.15) is 26.2 Å². The van der Waals surface area contributed by atoms with Gasteiger partial charge in [0, 0.05) is 23.8 Å². The van der Waals surface area contributed by atoms with Gasteiger partial charge < -0.3 is 10.6 Å². The zero-order valence-electron chi connectivity index (χ0n) is 15.7. The average molecular weight is 369 g/mol. The molecule has 27 heavy (non-hydrogen) atoms. The monoisotopic (exact) mass is 369 g/mol. The minimum absolute atomic E-state index is 0.00142.